The van der Waals surface area contributed by atoms with Crippen molar-refractivity contribution in [1.82, 2.24) is 4.98 Å². The summed E-state index contributed by atoms with van der Waals surface area (Å²) < 4.78 is 75.7. The van der Waals surface area contributed by atoms with Crippen LogP contribution in [0.2, 0.25) is 0 Å². The maximum atomic E-state index is 14.3. The van der Waals surface area contributed by atoms with Crippen molar-refractivity contribution in [2.24, 2.45) is 17.3 Å². The number of allylic oxidation sites excluding steroid dienone is 3. The minimum atomic E-state index is -2.31. The van der Waals surface area contributed by atoms with Crippen LogP contribution in [0.25, 0.3) is 0 Å². The Morgan fingerprint density at radius 2 is 1.80 bits per heavy atom. The smallest absolute Gasteiger partial charge is 0.412 e. The van der Waals surface area contributed by atoms with Crippen LogP contribution in [0, 0.1) is 53.3 Å². The average Bonchev–Trinajstić information content (AvgIpc) is 3.64. The molecule has 0 saturated heterocycles. The number of rotatable bonds is 9. The van der Waals surface area contributed by atoms with Gasteiger partial charge in [-0.3, -0.25) is 5.32 Å². The summed E-state index contributed by atoms with van der Waals surface area (Å²) in [4.78, 5) is 18.5. The highest BCUT2D eigenvalue weighted by Crippen LogP contribution is 2.59. The Morgan fingerprint density at radius 3 is 2.45 bits per heavy atom. The standard InChI is InChI=1S/C37H43F5N2O4S/c1-19-18-43-34(49-19)37(14-15-37)27(48-35(47)44-33-31(41)29(39)28(38)30(40)32(33)42)8-4-7-23-11-12-25-21(6-5-13-36(23,25)3)9-10-22-16-24(45)17-26(46)20(22)2/h9-10,18,23-27,45-46H,2,4-8,11-17H2,1,3H3,(H,44,47)/b21-9+,22-10-/t23?,24-,25?,26+,27?,36?/m1/s1. The second-order valence-electron chi connectivity index (χ2n) is 14.6. The minimum Gasteiger partial charge on any atom is -0.445 e. The molecule has 49 heavy (non-hydrogen) atoms. The highest BCUT2D eigenvalue weighted by molar-refractivity contribution is 7.11. The third-order valence-corrected chi connectivity index (χ3v) is 12.7. The highest BCUT2D eigenvalue weighted by Gasteiger charge is 2.55. The molecule has 0 spiro atoms. The van der Waals surface area contributed by atoms with E-state index in [1.54, 1.807) is 11.5 Å². The van der Waals surface area contributed by atoms with Crippen LogP contribution < -0.4 is 5.32 Å². The molecule has 1 aromatic heterocycles. The van der Waals surface area contributed by atoms with Crippen LogP contribution >= 0.6 is 11.3 Å². The molecular weight excluding hydrogens is 663 g/mol. The van der Waals surface area contributed by atoms with Crippen molar-refractivity contribution in [3.05, 3.63) is 80.6 Å². The molecule has 1 heterocycles. The van der Waals surface area contributed by atoms with Crippen molar-refractivity contribution in [3.8, 4) is 0 Å². The molecule has 4 saturated carbocycles. The van der Waals surface area contributed by atoms with Gasteiger partial charge in [0.25, 0.3) is 0 Å². The van der Waals surface area contributed by atoms with Gasteiger partial charge in [0.1, 0.15) is 16.8 Å². The quantitative estimate of drug-likeness (QED) is 0.138. The molecule has 0 radical (unpaired) electrons. The van der Waals surface area contributed by atoms with Gasteiger partial charge in [-0.15, -0.1) is 11.3 Å². The van der Waals surface area contributed by atoms with E-state index in [0.717, 1.165) is 54.0 Å². The number of thiazole rings is 1. The van der Waals surface area contributed by atoms with Gasteiger partial charge in [0, 0.05) is 17.5 Å². The zero-order chi connectivity index (χ0) is 35.2. The third kappa shape index (κ3) is 6.85. The number of carbonyl (C=O) groups excluding carboxylic acids is 1. The molecule has 0 aliphatic heterocycles. The van der Waals surface area contributed by atoms with Crippen molar-refractivity contribution in [3.63, 3.8) is 0 Å². The van der Waals surface area contributed by atoms with E-state index in [2.05, 4.69) is 24.6 Å². The van der Waals surface area contributed by atoms with Crippen LogP contribution in [-0.2, 0) is 10.2 Å². The van der Waals surface area contributed by atoms with E-state index in [1.807, 2.05) is 13.0 Å². The first kappa shape index (κ1) is 35.7. The van der Waals surface area contributed by atoms with Crippen LogP contribution in [0.4, 0.5) is 32.4 Å². The van der Waals surface area contributed by atoms with Gasteiger partial charge in [-0.2, -0.15) is 0 Å². The van der Waals surface area contributed by atoms with E-state index in [-0.39, 0.29) is 5.41 Å². The normalized spacial score (nSPS) is 30.0. The van der Waals surface area contributed by atoms with E-state index in [1.165, 1.54) is 16.9 Å². The van der Waals surface area contributed by atoms with Gasteiger partial charge in [0.05, 0.1) is 17.6 Å². The van der Waals surface area contributed by atoms with E-state index < -0.39 is 64.6 Å². The number of ether oxygens (including phenoxy) is 1. The van der Waals surface area contributed by atoms with Crippen LogP contribution in [0.5, 0.6) is 0 Å². The predicted octanol–water partition coefficient (Wildman–Crippen LogP) is 9.11. The zero-order valence-electron chi connectivity index (χ0n) is 27.8. The Bertz CT molecular complexity index is 1660. The fourth-order valence-electron chi connectivity index (χ4n) is 8.65. The molecule has 266 valence electrons. The third-order valence-electron chi connectivity index (χ3n) is 11.6. The summed E-state index contributed by atoms with van der Waals surface area (Å²) in [7, 11) is 0. The van der Waals surface area contributed by atoms with Gasteiger partial charge in [0.15, 0.2) is 23.3 Å². The maximum absolute atomic E-state index is 14.3. The minimum absolute atomic E-state index is 0.0778. The van der Waals surface area contributed by atoms with Gasteiger partial charge in [-0.1, -0.05) is 31.2 Å². The number of amides is 1. The first-order valence-electron chi connectivity index (χ1n) is 17.1. The molecule has 2 aromatic rings. The van der Waals surface area contributed by atoms with Crippen LogP contribution in [0.1, 0.15) is 93.9 Å². The lowest BCUT2D eigenvalue weighted by atomic mass is 9.62. The van der Waals surface area contributed by atoms with Crippen LogP contribution in [0.15, 0.2) is 41.6 Å². The Balaban J connectivity index is 1.15. The van der Waals surface area contributed by atoms with Crippen molar-refractivity contribution in [2.45, 2.75) is 115 Å². The molecule has 3 N–H and O–H groups in total. The number of hydrogen-bond donors (Lipinski definition) is 3. The van der Waals surface area contributed by atoms with E-state index in [0.29, 0.717) is 55.9 Å². The van der Waals surface area contributed by atoms with Crippen molar-refractivity contribution in [1.29, 1.82) is 0 Å². The monoisotopic (exact) mass is 706 g/mol. The SMILES string of the molecule is C=C1/C(=C\C=C2/CCCC3(C)C(CCCC(OC(=O)Nc4c(F)c(F)c(F)c(F)c4F)C4(c5ncc(C)s5)CC4)CCC23)C[C@@H](O)C[C@@H]1O. The summed E-state index contributed by atoms with van der Waals surface area (Å²) in [5.41, 5.74) is 0.997. The second kappa shape index (κ2) is 13.9. The largest absolute Gasteiger partial charge is 0.445 e. The average molecular weight is 707 g/mol. The second-order valence-corrected chi connectivity index (χ2v) is 15.8. The van der Waals surface area contributed by atoms with E-state index in [9.17, 15) is 37.0 Å². The van der Waals surface area contributed by atoms with Gasteiger partial charge in [-0.25, -0.2) is 31.7 Å². The molecule has 6 rings (SSSR count). The Kier molecular flexibility index (Phi) is 10.1. The topological polar surface area (TPSA) is 91.7 Å². The van der Waals surface area contributed by atoms with Gasteiger partial charge in [0.2, 0.25) is 5.82 Å². The summed E-state index contributed by atoms with van der Waals surface area (Å²) >= 11 is 1.49. The number of aromatic nitrogens is 1. The van der Waals surface area contributed by atoms with Crippen molar-refractivity contribution < 1.29 is 41.7 Å². The fraction of sp³-hybridized carbons (Fsp3) is 0.568. The van der Waals surface area contributed by atoms with Gasteiger partial charge >= 0.3 is 6.09 Å². The maximum Gasteiger partial charge on any atom is 0.412 e. The van der Waals surface area contributed by atoms with Gasteiger partial charge < -0.3 is 14.9 Å². The number of nitrogens with one attached hydrogen (secondary N) is 1. The van der Waals surface area contributed by atoms with Gasteiger partial charge in [-0.05, 0) is 106 Å². The molecule has 4 fully saturated rings. The van der Waals surface area contributed by atoms with Crippen molar-refractivity contribution >= 4 is 23.1 Å². The number of nitrogens with zero attached hydrogens (tertiary/aromatic N) is 1. The number of carbonyl (C=O) groups is 1. The van der Waals surface area contributed by atoms with Crippen molar-refractivity contribution in [2.75, 3.05) is 5.32 Å². The molecule has 0 bridgehead atoms. The number of halogens is 5. The Morgan fingerprint density at radius 1 is 1.10 bits per heavy atom. The van der Waals surface area contributed by atoms with E-state index >= 15 is 0 Å². The number of anilines is 1. The molecule has 12 heteroatoms. The first-order chi connectivity index (χ1) is 23.2. The summed E-state index contributed by atoms with van der Waals surface area (Å²) in [6.07, 6.45) is 12.1. The summed E-state index contributed by atoms with van der Waals surface area (Å²) in [6.45, 7) is 8.31. The summed E-state index contributed by atoms with van der Waals surface area (Å²) in [6, 6.07) is 0. The number of aryl methyl sites for hydroxylation is 1. The number of fused-ring (bicyclic) bond motifs is 1. The molecule has 1 aromatic carbocycles. The molecule has 4 unspecified atom stereocenters. The molecular formula is C37H43F5N2O4S. The number of benzene rings is 1. The summed E-state index contributed by atoms with van der Waals surface area (Å²) in [5, 5.41) is 23.0. The predicted molar refractivity (Wildman–Crippen MR) is 176 cm³/mol. The lowest BCUT2D eigenvalue weighted by Crippen LogP contribution is -2.35. The zero-order valence-corrected chi connectivity index (χ0v) is 28.6. The lowest BCUT2D eigenvalue weighted by molar-refractivity contribution is 0.0725. The number of aliphatic hydroxyl groups excluding tert-OH is 2. The highest BCUT2D eigenvalue weighted by atomic mass is 32.1. The van der Waals surface area contributed by atoms with Crippen LogP contribution in [0.3, 0.4) is 0 Å². The Labute approximate surface area is 287 Å². The first-order valence-corrected chi connectivity index (χ1v) is 17.9. The molecule has 1 amide bonds. The van der Waals surface area contributed by atoms with E-state index in [4.69, 9.17) is 4.74 Å². The molecule has 4 aliphatic rings. The molecule has 6 atom stereocenters. The molecule has 4 aliphatic carbocycles. The molecule has 6 nitrogen and oxygen atoms in total. The lowest BCUT2D eigenvalue weighted by Gasteiger charge is -2.42. The summed E-state index contributed by atoms with van der Waals surface area (Å²) in [5.74, 6) is -10.1. The Hall–Kier alpha value is -3.09. The number of aliphatic hydroxyl groups is 2. The fourth-order valence-corrected chi connectivity index (χ4v) is 9.71. The van der Waals surface area contributed by atoms with Crippen LogP contribution in [-0.4, -0.2) is 39.6 Å². The number of hydrogen-bond acceptors (Lipinski definition) is 6.